The summed E-state index contributed by atoms with van der Waals surface area (Å²) in [5.41, 5.74) is 1.16. The second-order valence-electron chi connectivity index (χ2n) is 4.61. The molecular weight excluding hydrogens is 282 g/mol. The SMILES string of the molecule is C[NH+](CC(=O)Nc1ccc(F)cc1F)Cc1ccsc1. The Hall–Kier alpha value is -1.79. The summed E-state index contributed by atoms with van der Waals surface area (Å²) in [7, 11) is 1.89. The molecule has 0 saturated carbocycles. The minimum Gasteiger partial charge on any atom is -0.326 e. The number of halogens is 2. The molecule has 0 fully saturated rings. The number of amides is 1. The predicted molar refractivity (Wildman–Crippen MR) is 74.8 cm³/mol. The van der Waals surface area contributed by atoms with Crippen molar-refractivity contribution >= 4 is 22.9 Å². The van der Waals surface area contributed by atoms with Gasteiger partial charge in [0, 0.05) is 11.6 Å². The minimum atomic E-state index is -0.770. The highest BCUT2D eigenvalue weighted by atomic mass is 32.1. The number of hydrogen-bond acceptors (Lipinski definition) is 2. The van der Waals surface area contributed by atoms with Crippen molar-refractivity contribution in [2.45, 2.75) is 6.54 Å². The van der Waals surface area contributed by atoms with Crippen LogP contribution < -0.4 is 10.2 Å². The van der Waals surface area contributed by atoms with E-state index in [0.29, 0.717) is 0 Å². The normalized spacial score (nSPS) is 12.2. The Balaban J connectivity index is 1.88. The van der Waals surface area contributed by atoms with Crippen LogP contribution in [-0.2, 0) is 11.3 Å². The maximum absolute atomic E-state index is 13.4. The van der Waals surface area contributed by atoms with Crippen molar-refractivity contribution in [3.8, 4) is 0 Å². The number of rotatable bonds is 5. The summed E-state index contributed by atoms with van der Waals surface area (Å²) < 4.78 is 26.1. The third-order valence-electron chi connectivity index (χ3n) is 2.75. The second-order valence-corrected chi connectivity index (χ2v) is 5.39. The topological polar surface area (TPSA) is 33.5 Å². The maximum atomic E-state index is 13.4. The fourth-order valence-corrected chi connectivity index (χ4v) is 2.53. The van der Waals surface area contributed by atoms with E-state index >= 15 is 0 Å². The monoisotopic (exact) mass is 297 g/mol. The van der Waals surface area contributed by atoms with Crippen LogP contribution in [0.5, 0.6) is 0 Å². The number of carbonyl (C=O) groups excluding carboxylic acids is 1. The molecule has 20 heavy (non-hydrogen) atoms. The minimum absolute atomic E-state index is 0.000247. The molecule has 1 aromatic carbocycles. The smallest absolute Gasteiger partial charge is 0.279 e. The van der Waals surface area contributed by atoms with Gasteiger partial charge in [-0.15, -0.1) is 0 Å². The molecule has 106 valence electrons. The number of hydrogen-bond donors (Lipinski definition) is 2. The molecule has 1 heterocycles. The molecule has 0 radical (unpaired) electrons. The first-order valence-electron chi connectivity index (χ1n) is 6.12. The summed E-state index contributed by atoms with van der Waals surface area (Å²) in [6, 6.07) is 5.08. The molecule has 0 aliphatic rings. The van der Waals surface area contributed by atoms with Crippen LogP contribution in [0.25, 0.3) is 0 Å². The molecule has 0 aliphatic carbocycles. The summed E-state index contributed by atoms with van der Waals surface area (Å²) in [5.74, 6) is -1.74. The lowest BCUT2D eigenvalue weighted by Crippen LogP contribution is -3.08. The molecule has 3 nitrogen and oxygen atoms in total. The summed E-state index contributed by atoms with van der Waals surface area (Å²) >= 11 is 1.61. The van der Waals surface area contributed by atoms with Crippen LogP contribution >= 0.6 is 11.3 Å². The van der Waals surface area contributed by atoms with Gasteiger partial charge in [0.15, 0.2) is 6.54 Å². The maximum Gasteiger partial charge on any atom is 0.279 e. The average molecular weight is 297 g/mol. The molecule has 2 rings (SSSR count). The Kier molecular flexibility index (Phi) is 4.81. The summed E-state index contributed by atoms with van der Waals surface area (Å²) in [5, 5.41) is 6.46. The molecule has 1 aromatic heterocycles. The lowest BCUT2D eigenvalue weighted by atomic mass is 10.3. The number of carbonyl (C=O) groups is 1. The van der Waals surface area contributed by atoms with Gasteiger partial charge in [-0.25, -0.2) is 8.78 Å². The average Bonchev–Trinajstić information content (AvgIpc) is 2.85. The number of thiophene rings is 1. The molecule has 0 aliphatic heterocycles. The third-order valence-corrected chi connectivity index (χ3v) is 3.49. The zero-order valence-electron chi connectivity index (χ0n) is 11.0. The first kappa shape index (κ1) is 14.6. The summed E-state index contributed by atoms with van der Waals surface area (Å²) in [6.07, 6.45) is 0. The van der Waals surface area contributed by atoms with Gasteiger partial charge in [0.05, 0.1) is 12.7 Å². The van der Waals surface area contributed by atoms with Gasteiger partial charge in [-0.2, -0.15) is 11.3 Å². The van der Waals surface area contributed by atoms with E-state index in [1.54, 1.807) is 11.3 Å². The Labute approximate surface area is 119 Å². The number of quaternary nitrogens is 1. The van der Waals surface area contributed by atoms with Gasteiger partial charge in [-0.1, -0.05) is 0 Å². The fraction of sp³-hybridized carbons (Fsp3) is 0.214. The predicted octanol–water partition coefficient (Wildman–Crippen LogP) is 1.68. The van der Waals surface area contributed by atoms with Gasteiger partial charge in [0.2, 0.25) is 0 Å². The van der Waals surface area contributed by atoms with E-state index in [4.69, 9.17) is 0 Å². The molecule has 1 atom stereocenters. The van der Waals surface area contributed by atoms with Crippen molar-refractivity contribution in [3.63, 3.8) is 0 Å². The van der Waals surface area contributed by atoms with E-state index in [2.05, 4.69) is 5.32 Å². The molecule has 0 spiro atoms. The Morgan fingerprint density at radius 2 is 2.15 bits per heavy atom. The number of anilines is 1. The Morgan fingerprint density at radius 1 is 1.35 bits per heavy atom. The van der Waals surface area contributed by atoms with E-state index in [1.807, 2.05) is 23.9 Å². The van der Waals surface area contributed by atoms with Crippen molar-refractivity contribution in [2.24, 2.45) is 0 Å². The van der Waals surface area contributed by atoms with Crippen molar-refractivity contribution in [1.82, 2.24) is 0 Å². The lowest BCUT2D eigenvalue weighted by molar-refractivity contribution is -0.885. The van der Waals surface area contributed by atoms with Gasteiger partial charge in [0.25, 0.3) is 5.91 Å². The van der Waals surface area contributed by atoms with Gasteiger partial charge < -0.3 is 10.2 Å². The lowest BCUT2D eigenvalue weighted by Gasteiger charge is -2.13. The van der Waals surface area contributed by atoms with Crippen LogP contribution in [0.1, 0.15) is 5.56 Å². The number of likely N-dealkylation sites (N-methyl/N-ethyl adjacent to an activating group) is 1. The van der Waals surface area contributed by atoms with Crippen molar-refractivity contribution in [3.05, 3.63) is 52.2 Å². The van der Waals surface area contributed by atoms with Gasteiger partial charge >= 0.3 is 0 Å². The van der Waals surface area contributed by atoms with Crippen LogP contribution in [0.15, 0.2) is 35.0 Å². The molecule has 1 amide bonds. The highest BCUT2D eigenvalue weighted by Gasteiger charge is 2.13. The zero-order chi connectivity index (χ0) is 14.5. The van der Waals surface area contributed by atoms with E-state index in [-0.39, 0.29) is 18.1 Å². The van der Waals surface area contributed by atoms with E-state index in [0.717, 1.165) is 29.1 Å². The molecule has 1 unspecified atom stereocenters. The van der Waals surface area contributed by atoms with Crippen LogP contribution in [0, 0.1) is 11.6 Å². The second kappa shape index (κ2) is 6.58. The van der Waals surface area contributed by atoms with E-state index in [9.17, 15) is 13.6 Å². The molecule has 2 aromatic rings. The van der Waals surface area contributed by atoms with Crippen molar-refractivity contribution in [2.75, 3.05) is 18.9 Å². The van der Waals surface area contributed by atoms with Gasteiger partial charge in [0.1, 0.15) is 18.2 Å². The largest absolute Gasteiger partial charge is 0.326 e. The van der Waals surface area contributed by atoms with Crippen LogP contribution in [-0.4, -0.2) is 19.5 Å². The molecule has 0 saturated heterocycles. The van der Waals surface area contributed by atoms with E-state index in [1.165, 1.54) is 6.07 Å². The molecule has 2 N–H and O–H groups in total. The van der Waals surface area contributed by atoms with Crippen molar-refractivity contribution < 1.29 is 18.5 Å². The summed E-state index contributed by atoms with van der Waals surface area (Å²) in [4.78, 5) is 12.8. The molecular formula is C14H15F2N2OS+. The highest BCUT2D eigenvalue weighted by molar-refractivity contribution is 7.07. The standard InChI is InChI=1S/C14H14F2N2OS/c1-18(7-10-4-5-20-9-10)8-14(19)17-13-3-2-11(15)6-12(13)16/h2-6,9H,7-8H2,1H3,(H,17,19)/p+1. The van der Waals surface area contributed by atoms with Crippen LogP contribution in [0.3, 0.4) is 0 Å². The van der Waals surface area contributed by atoms with Gasteiger partial charge in [-0.3, -0.25) is 4.79 Å². The molecule has 0 bridgehead atoms. The highest BCUT2D eigenvalue weighted by Crippen LogP contribution is 2.14. The van der Waals surface area contributed by atoms with E-state index < -0.39 is 11.6 Å². The number of benzene rings is 1. The van der Waals surface area contributed by atoms with Crippen molar-refractivity contribution in [1.29, 1.82) is 0 Å². The zero-order valence-corrected chi connectivity index (χ0v) is 11.8. The van der Waals surface area contributed by atoms with Gasteiger partial charge in [-0.05, 0) is 29.0 Å². The van der Waals surface area contributed by atoms with Crippen LogP contribution in [0.4, 0.5) is 14.5 Å². The quantitative estimate of drug-likeness (QED) is 0.865. The number of nitrogens with one attached hydrogen (secondary N) is 2. The molecule has 6 heteroatoms. The van der Waals surface area contributed by atoms with Crippen LogP contribution in [0.2, 0.25) is 0 Å². The third kappa shape index (κ3) is 4.11. The first-order valence-corrected chi connectivity index (χ1v) is 7.06. The first-order chi connectivity index (χ1) is 9.54. The summed E-state index contributed by atoms with van der Waals surface area (Å²) in [6.45, 7) is 0.940. The Bertz CT molecular complexity index is 587. The Morgan fingerprint density at radius 3 is 2.80 bits per heavy atom. The fourth-order valence-electron chi connectivity index (χ4n) is 1.86.